The topological polar surface area (TPSA) is 66.4 Å². The number of carbonyl (C=O) groups excluding carboxylic acids is 1. The average Bonchev–Trinajstić information content (AvgIpc) is 2.82. The van der Waals surface area contributed by atoms with E-state index in [-0.39, 0.29) is 5.91 Å². The Bertz CT molecular complexity index is 463. The van der Waals surface area contributed by atoms with Crippen LogP contribution < -0.4 is 10.6 Å². The van der Waals surface area contributed by atoms with E-state index < -0.39 is 6.04 Å². The van der Waals surface area contributed by atoms with Gasteiger partial charge < -0.3 is 5.32 Å². The van der Waals surface area contributed by atoms with Gasteiger partial charge in [0.25, 0.3) is 5.91 Å². The predicted molar refractivity (Wildman–Crippen MR) is 61.3 cm³/mol. The lowest BCUT2D eigenvalue weighted by molar-refractivity contribution is -0.120. The number of guanidine groups is 1. The Morgan fingerprint density at radius 2 is 2.38 bits per heavy atom. The number of nitrogens with one attached hydrogen (secondary N) is 2. The Kier molecular flexibility index (Phi) is 2.17. The Morgan fingerprint density at radius 3 is 3.00 bits per heavy atom. The molecule has 0 spiro atoms. The summed E-state index contributed by atoms with van der Waals surface area (Å²) < 4.78 is 0. The van der Waals surface area contributed by atoms with Crippen LogP contribution in [0.4, 0.5) is 0 Å². The van der Waals surface area contributed by atoms with Crippen LogP contribution in [0.3, 0.4) is 0 Å². The van der Waals surface area contributed by atoms with E-state index in [1.54, 1.807) is 0 Å². The number of aromatic nitrogens is 1. The van der Waals surface area contributed by atoms with Crippen LogP contribution in [0.15, 0.2) is 10.4 Å². The maximum atomic E-state index is 11.7. The fraction of sp³-hybridized carbons (Fsp3) is 0.500. The van der Waals surface area contributed by atoms with E-state index in [0.717, 1.165) is 23.5 Å². The molecule has 0 radical (unpaired) electrons. The van der Waals surface area contributed by atoms with Crippen LogP contribution in [0, 0.1) is 6.92 Å². The summed E-state index contributed by atoms with van der Waals surface area (Å²) >= 11 is 1.48. The summed E-state index contributed by atoms with van der Waals surface area (Å²) in [5.41, 5.74) is 0.937. The number of hydrogen-bond donors (Lipinski definition) is 2. The molecule has 0 aromatic carbocycles. The Morgan fingerprint density at radius 1 is 1.56 bits per heavy atom. The third-order valence-electron chi connectivity index (χ3n) is 2.54. The average molecular weight is 236 g/mol. The number of rotatable bonds is 2. The molecule has 1 atom stereocenters. The third-order valence-corrected chi connectivity index (χ3v) is 3.55. The van der Waals surface area contributed by atoms with Crippen molar-refractivity contribution < 1.29 is 4.79 Å². The minimum atomic E-state index is -0.458. The van der Waals surface area contributed by atoms with Gasteiger partial charge in [0.15, 0.2) is 12.0 Å². The fourth-order valence-electron chi connectivity index (χ4n) is 1.56. The lowest BCUT2D eigenvalue weighted by Crippen LogP contribution is -2.37. The normalized spacial score (nSPS) is 24.2. The molecule has 1 saturated carbocycles. The van der Waals surface area contributed by atoms with Gasteiger partial charge in [-0.1, -0.05) is 0 Å². The van der Waals surface area contributed by atoms with Crippen LogP contribution in [-0.4, -0.2) is 22.9 Å². The van der Waals surface area contributed by atoms with Crippen molar-refractivity contribution in [1.29, 1.82) is 0 Å². The van der Waals surface area contributed by atoms with Crippen LogP contribution in [-0.2, 0) is 4.79 Å². The Labute approximate surface area is 97.0 Å². The van der Waals surface area contributed by atoms with Gasteiger partial charge in [0, 0.05) is 17.1 Å². The van der Waals surface area contributed by atoms with Crippen LogP contribution in [0.1, 0.15) is 29.6 Å². The van der Waals surface area contributed by atoms with Gasteiger partial charge in [-0.15, -0.1) is 11.3 Å². The van der Waals surface area contributed by atoms with Gasteiger partial charge in [-0.2, -0.15) is 0 Å². The van der Waals surface area contributed by atoms with E-state index in [1.165, 1.54) is 11.3 Å². The van der Waals surface area contributed by atoms with E-state index in [1.807, 2.05) is 12.3 Å². The molecule has 2 N–H and O–H groups in total. The molecule has 2 aliphatic rings. The van der Waals surface area contributed by atoms with E-state index in [0.29, 0.717) is 12.0 Å². The zero-order valence-corrected chi connectivity index (χ0v) is 9.67. The summed E-state index contributed by atoms with van der Waals surface area (Å²) in [6, 6.07) is 0.0378. The van der Waals surface area contributed by atoms with E-state index >= 15 is 0 Å². The first-order valence-electron chi connectivity index (χ1n) is 5.29. The van der Waals surface area contributed by atoms with Gasteiger partial charge in [-0.05, 0) is 19.8 Å². The van der Waals surface area contributed by atoms with Crippen molar-refractivity contribution >= 4 is 23.2 Å². The maximum Gasteiger partial charge on any atom is 0.258 e. The zero-order valence-electron chi connectivity index (χ0n) is 8.86. The second-order valence-corrected chi connectivity index (χ2v) is 5.00. The van der Waals surface area contributed by atoms with E-state index in [9.17, 15) is 4.79 Å². The third kappa shape index (κ3) is 1.80. The number of carbonyl (C=O) groups is 1. The molecule has 5 nitrogen and oxygen atoms in total. The second-order valence-electron chi connectivity index (χ2n) is 4.12. The van der Waals surface area contributed by atoms with Gasteiger partial charge >= 0.3 is 0 Å². The van der Waals surface area contributed by atoms with Gasteiger partial charge in [0.1, 0.15) is 5.01 Å². The first-order valence-corrected chi connectivity index (χ1v) is 6.17. The summed E-state index contributed by atoms with van der Waals surface area (Å²) in [5.74, 6) is 0.517. The molecule has 0 bridgehead atoms. The van der Waals surface area contributed by atoms with Crippen molar-refractivity contribution in [3.05, 3.63) is 16.1 Å². The van der Waals surface area contributed by atoms with Crippen LogP contribution in [0.2, 0.25) is 0 Å². The van der Waals surface area contributed by atoms with Gasteiger partial charge in [0.2, 0.25) is 0 Å². The van der Waals surface area contributed by atoms with Crippen molar-refractivity contribution in [2.45, 2.75) is 31.8 Å². The van der Waals surface area contributed by atoms with Crippen LogP contribution in [0.5, 0.6) is 0 Å². The standard InChI is InChI=1S/C10H12N4OS/c1-5-4-16-9(11-5)7-8(15)14-10(13-7)12-6-2-3-6/h4,6-7H,2-3H2,1H3,(H2,12,13,14,15). The molecule has 84 valence electrons. The van der Waals surface area contributed by atoms with Crippen molar-refractivity contribution in [2.24, 2.45) is 4.99 Å². The molecule has 1 unspecified atom stereocenters. The molecule has 1 aliphatic carbocycles. The molecule has 1 aromatic heterocycles. The molecule has 1 fully saturated rings. The lowest BCUT2D eigenvalue weighted by Gasteiger charge is -2.00. The fourth-order valence-corrected chi connectivity index (χ4v) is 2.39. The Hall–Kier alpha value is -1.43. The molecule has 1 amide bonds. The minimum Gasteiger partial charge on any atom is -0.353 e. The smallest absolute Gasteiger partial charge is 0.258 e. The van der Waals surface area contributed by atoms with Gasteiger partial charge in [-0.3, -0.25) is 10.1 Å². The molecule has 1 aromatic rings. The highest BCUT2D eigenvalue weighted by Gasteiger charge is 2.32. The molecule has 16 heavy (non-hydrogen) atoms. The number of aliphatic imine (C=N–C) groups is 1. The number of thiazole rings is 1. The highest BCUT2D eigenvalue weighted by Crippen LogP contribution is 2.25. The second kappa shape index (κ2) is 3.55. The summed E-state index contributed by atoms with van der Waals surface area (Å²) in [6.45, 7) is 1.92. The quantitative estimate of drug-likeness (QED) is 0.795. The summed E-state index contributed by atoms with van der Waals surface area (Å²) in [7, 11) is 0. The number of hydrogen-bond acceptors (Lipinski definition) is 5. The zero-order chi connectivity index (χ0) is 11.1. The van der Waals surface area contributed by atoms with Crippen molar-refractivity contribution in [3.8, 4) is 0 Å². The van der Waals surface area contributed by atoms with E-state index in [4.69, 9.17) is 0 Å². The van der Waals surface area contributed by atoms with Gasteiger partial charge in [-0.25, -0.2) is 9.98 Å². The van der Waals surface area contributed by atoms with Gasteiger partial charge in [0.05, 0.1) is 0 Å². The lowest BCUT2D eigenvalue weighted by atomic mass is 10.3. The summed E-state index contributed by atoms with van der Waals surface area (Å²) in [6.07, 6.45) is 2.33. The van der Waals surface area contributed by atoms with Crippen molar-refractivity contribution in [1.82, 2.24) is 15.6 Å². The number of aryl methyl sites for hydroxylation is 1. The van der Waals surface area contributed by atoms with Crippen molar-refractivity contribution in [2.75, 3.05) is 0 Å². The van der Waals surface area contributed by atoms with Crippen molar-refractivity contribution in [3.63, 3.8) is 0 Å². The molecule has 2 heterocycles. The molecule has 0 saturated heterocycles. The number of amides is 1. The predicted octanol–water partition coefficient (Wildman–Crippen LogP) is 0.730. The van der Waals surface area contributed by atoms with Crippen LogP contribution >= 0.6 is 11.3 Å². The highest BCUT2D eigenvalue weighted by molar-refractivity contribution is 7.09. The first kappa shape index (κ1) is 9.77. The molecular weight excluding hydrogens is 224 g/mol. The van der Waals surface area contributed by atoms with Crippen LogP contribution in [0.25, 0.3) is 0 Å². The highest BCUT2D eigenvalue weighted by atomic mass is 32.1. The molecule has 3 rings (SSSR count). The largest absolute Gasteiger partial charge is 0.353 e. The summed E-state index contributed by atoms with van der Waals surface area (Å²) in [5, 5.41) is 8.64. The SMILES string of the molecule is Cc1csc(C2N=C(NC3CC3)NC2=O)n1. The maximum absolute atomic E-state index is 11.7. The minimum absolute atomic E-state index is 0.0856. The summed E-state index contributed by atoms with van der Waals surface area (Å²) in [4.78, 5) is 20.3. The monoisotopic (exact) mass is 236 g/mol. The molecular formula is C10H12N4OS. The Balaban J connectivity index is 1.79. The number of nitrogens with zero attached hydrogens (tertiary/aromatic N) is 2. The molecule has 6 heteroatoms. The molecule has 1 aliphatic heterocycles. The van der Waals surface area contributed by atoms with E-state index in [2.05, 4.69) is 20.6 Å². The first-order chi connectivity index (χ1) is 7.72.